The van der Waals surface area contributed by atoms with E-state index in [1.165, 1.54) is 0 Å². The van der Waals surface area contributed by atoms with Gasteiger partial charge >= 0.3 is 5.97 Å². The number of rotatable bonds is 2. The Labute approximate surface area is 41.0 Å². The first-order valence-corrected chi connectivity index (χ1v) is 1.85. The van der Waals surface area contributed by atoms with Crippen LogP contribution in [0.4, 0.5) is 0 Å². The van der Waals surface area contributed by atoms with Crippen LogP contribution in [0, 0.1) is 0 Å². The van der Waals surface area contributed by atoms with Gasteiger partial charge in [-0.1, -0.05) is 6.92 Å². The third-order valence-corrected chi connectivity index (χ3v) is 0.431. The van der Waals surface area contributed by atoms with Crippen molar-refractivity contribution in [3.63, 3.8) is 0 Å². The summed E-state index contributed by atoms with van der Waals surface area (Å²) in [5, 5.41) is 7.55. The monoisotopic (exact) mass is 104 g/mol. The average molecular weight is 104 g/mol. The first-order chi connectivity index (χ1) is 3.31. The smallest absolute Gasteiger partial charge is 0.323 e. The van der Waals surface area contributed by atoms with Crippen molar-refractivity contribution in [1.82, 2.24) is 5.64 Å². The number of carbonyl (C=O) groups is 1. The lowest BCUT2D eigenvalue weighted by Crippen LogP contribution is -2.07. The van der Waals surface area contributed by atoms with Crippen molar-refractivity contribution in [2.45, 2.75) is 13.3 Å². The fourth-order valence-corrected chi connectivity index (χ4v) is 0.110. The van der Waals surface area contributed by atoms with Crippen LogP contribution in [-0.2, 0) is 9.63 Å². The van der Waals surface area contributed by atoms with Crippen LogP contribution in [0.2, 0.25) is 0 Å². The number of carbonyl (C=O) groups excluding carboxylic acids is 1. The second-order valence-corrected chi connectivity index (χ2v) is 0.898. The normalized spacial score (nSPS) is 8.29. The zero-order valence-corrected chi connectivity index (χ0v) is 3.92. The van der Waals surface area contributed by atoms with Gasteiger partial charge in [-0.25, -0.2) is 0 Å². The lowest BCUT2D eigenvalue weighted by molar-refractivity contribution is -0.179. The summed E-state index contributed by atoms with van der Waals surface area (Å²) in [4.78, 5) is 13.7. The first kappa shape index (κ1) is 6.39. The number of nitrogens with zero attached hydrogens (tertiary/aromatic N) is 1. The van der Waals surface area contributed by atoms with E-state index < -0.39 is 5.97 Å². The van der Waals surface area contributed by atoms with E-state index in [1.807, 2.05) is 0 Å². The zero-order valence-electron chi connectivity index (χ0n) is 3.92. The molecule has 0 aromatic heterocycles. The first-order valence-electron chi connectivity index (χ1n) is 1.85. The van der Waals surface area contributed by atoms with E-state index in [1.54, 1.807) is 6.92 Å². The van der Waals surface area contributed by atoms with E-state index in [-0.39, 0.29) is 6.42 Å². The van der Waals surface area contributed by atoms with Gasteiger partial charge in [0.1, 0.15) is 5.64 Å². The van der Waals surface area contributed by atoms with Crippen molar-refractivity contribution < 1.29 is 14.8 Å². The molecule has 1 N–H and O–H groups in total. The van der Waals surface area contributed by atoms with E-state index >= 15 is 0 Å². The van der Waals surface area contributed by atoms with Crippen molar-refractivity contribution in [3.8, 4) is 0 Å². The maximum atomic E-state index is 9.94. The molecule has 0 atom stereocenters. The Morgan fingerprint density at radius 2 is 2.57 bits per heavy atom. The molecular weight excluding hydrogens is 98.0 g/mol. The van der Waals surface area contributed by atoms with Gasteiger partial charge < -0.3 is 4.84 Å². The molecule has 0 heterocycles. The highest BCUT2D eigenvalue weighted by Gasteiger charge is 1.94. The predicted molar refractivity (Wildman–Crippen MR) is 20.3 cm³/mol. The SMILES string of the molecule is CCC(=O)O[N]O. The Balaban J connectivity index is 3.00. The molecular formula is C3H6NO3. The molecule has 0 amide bonds. The van der Waals surface area contributed by atoms with Crippen LogP contribution < -0.4 is 5.64 Å². The summed E-state index contributed by atoms with van der Waals surface area (Å²) in [5.41, 5.74) is 2.16. The molecule has 1 radical (unpaired) electrons. The molecule has 0 aliphatic carbocycles. The Morgan fingerprint density at radius 1 is 2.00 bits per heavy atom. The number of hydrogen-bond acceptors (Lipinski definition) is 3. The van der Waals surface area contributed by atoms with Gasteiger partial charge in [-0.05, 0) is 0 Å². The van der Waals surface area contributed by atoms with Crippen molar-refractivity contribution >= 4 is 5.97 Å². The molecule has 41 valence electrons. The highest BCUT2D eigenvalue weighted by atomic mass is 16.8. The molecule has 4 heteroatoms. The summed E-state index contributed by atoms with van der Waals surface area (Å²) in [6, 6.07) is 0. The molecule has 4 nitrogen and oxygen atoms in total. The molecule has 0 aromatic carbocycles. The van der Waals surface area contributed by atoms with E-state index in [4.69, 9.17) is 5.21 Å². The maximum absolute atomic E-state index is 9.94. The topological polar surface area (TPSA) is 60.6 Å². The summed E-state index contributed by atoms with van der Waals surface area (Å²) in [7, 11) is 0. The minimum atomic E-state index is -0.539. The molecule has 0 spiro atoms. The molecule has 0 aromatic rings. The Bertz CT molecular complexity index is 63.2. The van der Waals surface area contributed by atoms with E-state index in [2.05, 4.69) is 10.5 Å². The van der Waals surface area contributed by atoms with Gasteiger partial charge in [0.2, 0.25) is 0 Å². The van der Waals surface area contributed by atoms with E-state index in [9.17, 15) is 4.79 Å². The average Bonchev–Trinajstić information content (AvgIpc) is 1.68. The summed E-state index contributed by atoms with van der Waals surface area (Å²) < 4.78 is 0. The van der Waals surface area contributed by atoms with E-state index in [0.29, 0.717) is 0 Å². The predicted octanol–water partition coefficient (Wildman–Crippen LogP) is -0.152. The Kier molecular flexibility index (Phi) is 3.26. The maximum Gasteiger partial charge on any atom is 0.329 e. The molecule has 0 fully saturated rings. The summed E-state index contributed by atoms with van der Waals surface area (Å²) >= 11 is 0. The fourth-order valence-electron chi connectivity index (χ4n) is 0.110. The van der Waals surface area contributed by atoms with Crippen LogP contribution >= 0.6 is 0 Å². The molecule has 0 aliphatic heterocycles. The van der Waals surface area contributed by atoms with Crippen molar-refractivity contribution in [1.29, 1.82) is 0 Å². The van der Waals surface area contributed by atoms with Gasteiger partial charge in [0, 0.05) is 6.42 Å². The highest BCUT2D eigenvalue weighted by molar-refractivity contribution is 5.68. The third-order valence-electron chi connectivity index (χ3n) is 0.431. The summed E-state index contributed by atoms with van der Waals surface area (Å²) in [6.07, 6.45) is 0.226. The van der Waals surface area contributed by atoms with Crippen LogP contribution in [0.5, 0.6) is 0 Å². The summed E-state index contributed by atoms with van der Waals surface area (Å²) in [5.74, 6) is -0.539. The van der Waals surface area contributed by atoms with E-state index in [0.717, 1.165) is 0 Å². The quantitative estimate of drug-likeness (QED) is 0.495. The number of hydrogen-bond donors (Lipinski definition) is 1. The van der Waals surface area contributed by atoms with Gasteiger partial charge in [-0.2, -0.15) is 0 Å². The third kappa shape index (κ3) is 3.21. The molecule has 0 aliphatic rings. The molecule has 0 bridgehead atoms. The Morgan fingerprint density at radius 3 is 2.71 bits per heavy atom. The van der Waals surface area contributed by atoms with Gasteiger partial charge in [-0.3, -0.25) is 10.0 Å². The molecule has 0 rings (SSSR count). The van der Waals surface area contributed by atoms with Crippen LogP contribution in [0.25, 0.3) is 0 Å². The lowest BCUT2D eigenvalue weighted by Gasteiger charge is -1.88. The van der Waals surface area contributed by atoms with Crippen LogP contribution in [0.1, 0.15) is 13.3 Å². The van der Waals surface area contributed by atoms with Crippen molar-refractivity contribution in [2.24, 2.45) is 0 Å². The summed E-state index contributed by atoms with van der Waals surface area (Å²) in [6.45, 7) is 1.60. The molecule has 0 saturated heterocycles. The van der Waals surface area contributed by atoms with Crippen LogP contribution in [0.3, 0.4) is 0 Å². The molecule has 7 heavy (non-hydrogen) atoms. The standard InChI is InChI=1S/C3H6NO3/c1-2-3(5)7-4-6/h6H,2H2,1H3. The second kappa shape index (κ2) is 3.58. The molecule has 0 unspecified atom stereocenters. The van der Waals surface area contributed by atoms with Crippen molar-refractivity contribution in [3.05, 3.63) is 0 Å². The second-order valence-electron chi connectivity index (χ2n) is 0.898. The van der Waals surface area contributed by atoms with Gasteiger partial charge in [0.25, 0.3) is 0 Å². The largest absolute Gasteiger partial charge is 0.329 e. The minimum absolute atomic E-state index is 0.226. The fraction of sp³-hybridized carbons (Fsp3) is 0.667. The lowest BCUT2D eigenvalue weighted by atomic mass is 10.5. The van der Waals surface area contributed by atoms with Gasteiger partial charge in [0.05, 0.1) is 0 Å². The molecule has 0 saturated carbocycles. The van der Waals surface area contributed by atoms with Crippen LogP contribution in [0.15, 0.2) is 0 Å². The highest BCUT2D eigenvalue weighted by Crippen LogP contribution is 1.77. The Hall–Kier alpha value is -0.610. The van der Waals surface area contributed by atoms with Crippen molar-refractivity contribution in [2.75, 3.05) is 0 Å². The minimum Gasteiger partial charge on any atom is -0.323 e. The van der Waals surface area contributed by atoms with Crippen LogP contribution in [-0.4, -0.2) is 11.2 Å². The zero-order chi connectivity index (χ0) is 5.70. The van der Waals surface area contributed by atoms with Gasteiger partial charge in [-0.15, -0.1) is 0 Å². The van der Waals surface area contributed by atoms with Gasteiger partial charge in [0.15, 0.2) is 0 Å².